The molecule has 0 radical (unpaired) electrons. The summed E-state index contributed by atoms with van der Waals surface area (Å²) in [6.45, 7) is 3.38. The van der Waals surface area contributed by atoms with Crippen LogP contribution in [0.15, 0.2) is 43.0 Å². The average molecular weight is 236 g/mol. The largest absolute Gasteiger partial charge is 0.426 e. The molecule has 0 fully saturated rings. The minimum absolute atomic E-state index is 0.0768. The van der Waals surface area contributed by atoms with Crippen molar-refractivity contribution in [3.63, 3.8) is 0 Å². The number of ether oxygens (including phenoxy) is 1. The second-order valence-corrected chi connectivity index (χ2v) is 3.68. The lowest BCUT2D eigenvalue weighted by molar-refractivity contribution is -0.136. The van der Waals surface area contributed by atoms with Crippen molar-refractivity contribution in [3.05, 3.63) is 43.0 Å². The predicted molar refractivity (Wildman–Crippen MR) is 63.5 cm³/mol. The van der Waals surface area contributed by atoms with Crippen LogP contribution in [-0.4, -0.2) is 28.4 Å². The topological polar surface area (TPSA) is 66.8 Å². The Morgan fingerprint density at radius 2 is 2.00 bits per heavy atom. The molecule has 0 aromatic heterocycles. The lowest BCUT2D eigenvalue weighted by Gasteiger charge is -2.12. The molecule has 2 unspecified atom stereocenters. The molecular weight excluding hydrogens is 220 g/mol. The SMILES string of the molecule is C=CC(O)CC(O)CC(=O)Oc1ccccc1. The molecule has 1 aromatic rings. The highest BCUT2D eigenvalue weighted by atomic mass is 16.5. The van der Waals surface area contributed by atoms with E-state index in [-0.39, 0.29) is 12.8 Å². The average Bonchev–Trinajstić information content (AvgIpc) is 2.29. The van der Waals surface area contributed by atoms with Gasteiger partial charge >= 0.3 is 5.97 Å². The molecule has 2 atom stereocenters. The van der Waals surface area contributed by atoms with Crippen molar-refractivity contribution in [1.29, 1.82) is 0 Å². The van der Waals surface area contributed by atoms with Gasteiger partial charge in [0.25, 0.3) is 0 Å². The van der Waals surface area contributed by atoms with Crippen molar-refractivity contribution in [2.24, 2.45) is 0 Å². The number of carbonyl (C=O) groups is 1. The number of rotatable bonds is 6. The summed E-state index contributed by atoms with van der Waals surface area (Å²) < 4.78 is 4.99. The molecule has 4 heteroatoms. The van der Waals surface area contributed by atoms with Crippen LogP contribution in [0.1, 0.15) is 12.8 Å². The number of hydrogen-bond donors (Lipinski definition) is 2. The monoisotopic (exact) mass is 236 g/mol. The van der Waals surface area contributed by atoms with Crippen LogP contribution in [0.5, 0.6) is 5.75 Å². The summed E-state index contributed by atoms with van der Waals surface area (Å²) in [4.78, 5) is 11.4. The van der Waals surface area contributed by atoms with E-state index in [0.717, 1.165) is 0 Å². The summed E-state index contributed by atoms with van der Waals surface area (Å²) in [6.07, 6.45) is -0.507. The third-order valence-corrected chi connectivity index (χ3v) is 2.16. The van der Waals surface area contributed by atoms with Gasteiger partial charge in [-0.25, -0.2) is 0 Å². The highest BCUT2D eigenvalue weighted by Gasteiger charge is 2.15. The first-order valence-corrected chi connectivity index (χ1v) is 5.36. The van der Waals surface area contributed by atoms with E-state index in [9.17, 15) is 15.0 Å². The van der Waals surface area contributed by atoms with Gasteiger partial charge in [-0.3, -0.25) is 4.79 Å². The van der Waals surface area contributed by atoms with Crippen LogP contribution in [0.2, 0.25) is 0 Å². The standard InChI is InChI=1S/C13H16O4/c1-2-10(14)8-11(15)9-13(16)17-12-6-4-3-5-7-12/h2-7,10-11,14-15H,1,8-9H2. The summed E-state index contributed by atoms with van der Waals surface area (Å²) >= 11 is 0. The lowest BCUT2D eigenvalue weighted by atomic mass is 10.1. The third-order valence-electron chi connectivity index (χ3n) is 2.16. The van der Waals surface area contributed by atoms with Gasteiger partial charge in [0.05, 0.1) is 18.6 Å². The molecule has 17 heavy (non-hydrogen) atoms. The summed E-state index contributed by atoms with van der Waals surface area (Å²) in [5.41, 5.74) is 0. The van der Waals surface area contributed by atoms with Gasteiger partial charge in [-0.1, -0.05) is 24.3 Å². The number of aliphatic hydroxyl groups excluding tert-OH is 2. The predicted octanol–water partition coefficient (Wildman–Crippen LogP) is 1.28. The van der Waals surface area contributed by atoms with Crippen molar-refractivity contribution >= 4 is 5.97 Å². The van der Waals surface area contributed by atoms with E-state index < -0.39 is 18.2 Å². The fourth-order valence-corrected chi connectivity index (χ4v) is 1.31. The van der Waals surface area contributed by atoms with Gasteiger partial charge < -0.3 is 14.9 Å². The zero-order chi connectivity index (χ0) is 12.7. The van der Waals surface area contributed by atoms with Gasteiger partial charge in [-0.2, -0.15) is 0 Å². The summed E-state index contributed by atoms with van der Waals surface area (Å²) in [7, 11) is 0. The Balaban J connectivity index is 2.37. The van der Waals surface area contributed by atoms with Crippen molar-refractivity contribution in [1.82, 2.24) is 0 Å². The van der Waals surface area contributed by atoms with Gasteiger partial charge in [0.15, 0.2) is 0 Å². The molecule has 0 aliphatic rings. The number of carbonyl (C=O) groups excluding carboxylic acids is 1. The number of esters is 1. The van der Waals surface area contributed by atoms with Gasteiger partial charge in [-0.05, 0) is 12.1 Å². The van der Waals surface area contributed by atoms with Crippen LogP contribution in [0.3, 0.4) is 0 Å². The Bertz CT molecular complexity index is 361. The minimum Gasteiger partial charge on any atom is -0.426 e. The van der Waals surface area contributed by atoms with E-state index in [0.29, 0.717) is 5.75 Å². The van der Waals surface area contributed by atoms with E-state index >= 15 is 0 Å². The van der Waals surface area contributed by atoms with E-state index in [1.807, 2.05) is 6.07 Å². The number of aliphatic hydroxyl groups is 2. The molecule has 0 saturated heterocycles. The minimum atomic E-state index is -0.931. The molecule has 4 nitrogen and oxygen atoms in total. The summed E-state index contributed by atoms with van der Waals surface area (Å²) in [6, 6.07) is 8.62. The fourth-order valence-electron chi connectivity index (χ4n) is 1.31. The molecular formula is C13H16O4. The maximum Gasteiger partial charge on any atom is 0.313 e. The van der Waals surface area contributed by atoms with E-state index in [2.05, 4.69) is 6.58 Å². The molecule has 2 N–H and O–H groups in total. The molecule has 1 rings (SSSR count). The highest BCUT2D eigenvalue weighted by Crippen LogP contribution is 2.11. The zero-order valence-corrected chi connectivity index (χ0v) is 9.45. The van der Waals surface area contributed by atoms with Gasteiger partial charge in [-0.15, -0.1) is 6.58 Å². The Hall–Kier alpha value is -1.65. The number of para-hydroxylation sites is 1. The van der Waals surface area contributed by atoms with Gasteiger partial charge in [0.1, 0.15) is 5.75 Å². The highest BCUT2D eigenvalue weighted by molar-refractivity contribution is 5.72. The molecule has 0 aliphatic carbocycles. The number of hydrogen-bond acceptors (Lipinski definition) is 4. The third kappa shape index (κ3) is 5.29. The first kappa shape index (κ1) is 13.4. The smallest absolute Gasteiger partial charge is 0.313 e. The van der Waals surface area contributed by atoms with Crippen LogP contribution in [0.25, 0.3) is 0 Å². The van der Waals surface area contributed by atoms with E-state index in [4.69, 9.17) is 4.74 Å². The molecule has 0 aliphatic heterocycles. The van der Waals surface area contributed by atoms with Crippen molar-refractivity contribution < 1.29 is 19.7 Å². The van der Waals surface area contributed by atoms with E-state index in [1.165, 1.54) is 6.08 Å². The quantitative estimate of drug-likeness (QED) is 0.443. The lowest BCUT2D eigenvalue weighted by Crippen LogP contribution is -2.22. The fraction of sp³-hybridized carbons (Fsp3) is 0.308. The molecule has 92 valence electrons. The molecule has 0 spiro atoms. The molecule has 1 aromatic carbocycles. The maximum atomic E-state index is 11.4. The van der Waals surface area contributed by atoms with Gasteiger partial charge in [0, 0.05) is 6.42 Å². The van der Waals surface area contributed by atoms with Crippen LogP contribution < -0.4 is 4.74 Å². The van der Waals surface area contributed by atoms with Crippen LogP contribution in [0, 0.1) is 0 Å². The molecule has 0 heterocycles. The van der Waals surface area contributed by atoms with Gasteiger partial charge in [0.2, 0.25) is 0 Å². The molecule has 0 bridgehead atoms. The van der Waals surface area contributed by atoms with Crippen LogP contribution >= 0.6 is 0 Å². The Morgan fingerprint density at radius 1 is 1.35 bits per heavy atom. The normalized spacial score (nSPS) is 13.8. The second kappa shape index (κ2) is 6.83. The maximum absolute atomic E-state index is 11.4. The zero-order valence-electron chi connectivity index (χ0n) is 9.45. The Kier molecular flexibility index (Phi) is 5.39. The molecule has 0 saturated carbocycles. The van der Waals surface area contributed by atoms with Crippen LogP contribution in [-0.2, 0) is 4.79 Å². The van der Waals surface area contributed by atoms with Crippen molar-refractivity contribution in [2.75, 3.05) is 0 Å². The van der Waals surface area contributed by atoms with E-state index in [1.54, 1.807) is 24.3 Å². The molecule has 0 amide bonds. The summed E-state index contributed by atoms with van der Waals surface area (Å²) in [5.74, 6) is -0.0890. The first-order chi connectivity index (χ1) is 8.11. The Morgan fingerprint density at radius 3 is 2.59 bits per heavy atom. The summed E-state index contributed by atoms with van der Waals surface area (Å²) in [5, 5.41) is 18.7. The Labute approximate surface area is 100 Å². The second-order valence-electron chi connectivity index (χ2n) is 3.68. The first-order valence-electron chi connectivity index (χ1n) is 5.36. The van der Waals surface area contributed by atoms with Crippen molar-refractivity contribution in [2.45, 2.75) is 25.0 Å². The van der Waals surface area contributed by atoms with Crippen molar-refractivity contribution in [3.8, 4) is 5.75 Å². The number of benzene rings is 1. The van der Waals surface area contributed by atoms with Crippen LogP contribution in [0.4, 0.5) is 0 Å².